The van der Waals surface area contributed by atoms with Gasteiger partial charge in [0.05, 0.1) is 32.0 Å². The summed E-state index contributed by atoms with van der Waals surface area (Å²) in [6.07, 6.45) is 0. The van der Waals surface area contributed by atoms with Crippen LogP contribution in [0.4, 0.5) is 0 Å². The number of ether oxygens (including phenoxy) is 2. The zero-order chi connectivity index (χ0) is 17.8. The fourth-order valence-corrected chi connectivity index (χ4v) is 2.44. The Balaban J connectivity index is 2.36. The van der Waals surface area contributed by atoms with Gasteiger partial charge in [-0.25, -0.2) is 0 Å². The van der Waals surface area contributed by atoms with E-state index in [4.69, 9.17) is 9.47 Å². The Bertz CT molecular complexity index is 356. The molecule has 1 rings (SSSR count). The Morgan fingerprint density at radius 2 is 2.04 bits per heavy atom. The number of morpholine rings is 1. The van der Waals surface area contributed by atoms with E-state index in [0.29, 0.717) is 38.1 Å². The quantitative estimate of drug-likeness (QED) is 0.301. The van der Waals surface area contributed by atoms with Gasteiger partial charge in [-0.1, -0.05) is 13.8 Å². The molecular formula is C17H36N4O3. The summed E-state index contributed by atoms with van der Waals surface area (Å²) in [6.45, 7) is 15.2. The van der Waals surface area contributed by atoms with Crippen LogP contribution in [0, 0.1) is 5.92 Å². The van der Waals surface area contributed by atoms with Crippen molar-refractivity contribution in [2.24, 2.45) is 10.9 Å². The zero-order valence-electron chi connectivity index (χ0n) is 15.8. The van der Waals surface area contributed by atoms with Crippen LogP contribution < -0.4 is 10.6 Å². The first kappa shape index (κ1) is 21.2. The maximum absolute atomic E-state index is 10.6. The van der Waals surface area contributed by atoms with Crippen molar-refractivity contribution in [3.05, 3.63) is 0 Å². The first-order valence-electron chi connectivity index (χ1n) is 9.05. The van der Waals surface area contributed by atoms with Crippen molar-refractivity contribution < 1.29 is 14.6 Å². The van der Waals surface area contributed by atoms with Gasteiger partial charge in [0, 0.05) is 39.3 Å². The van der Waals surface area contributed by atoms with E-state index < -0.39 is 5.60 Å². The standard InChI is InChI=1S/C17H36N4O3/c1-5-18-16(19-6-9-24-12-15(2)3)20-13-17(4,22)14-21-7-10-23-11-8-21/h15,22H,5-14H2,1-4H3,(H2,18,19,20). The lowest BCUT2D eigenvalue weighted by atomic mass is 10.1. The highest BCUT2D eigenvalue weighted by Crippen LogP contribution is 2.09. The molecule has 0 aliphatic carbocycles. The van der Waals surface area contributed by atoms with Crippen LogP contribution in [0.15, 0.2) is 4.99 Å². The third-order valence-electron chi connectivity index (χ3n) is 3.58. The van der Waals surface area contributed by atoms with Crippen molar-refractivity contribution in [1.82, 2.24) is 15.5 Å². The number of hydrogen-bond donors (Lipinski definition) is 3. The minimum atomic E-state index is -0.853. The number of rotatable bonds is 10. The molecule has 0 aromatic rings. The second-order valence-corrected chi connectivity index (χ2v) is 6.98. The van der Waals surface area contributed by atoms with Gasteiger partial charge in [0.25, 0.3) is 0 Å². The van der Waals surface area contributed by atoms with Gasteiger partial charge < -0.3 is 25.2 Å². The third kappa shape index (κ3) is 10.1. The Labute approximate surface area is 146 Å². The van der Waals surface area contributed by atoms with E-state index in [1.165, 1.54) is 0 Å². The molecule has 3 N–H and O–H groups in total. The van der Waals surface area contributed by atoms with Gasteiger partial charge in [-0.2, -0.15) is 0 Å². The van der Waals surface area contributed by atoms with Crippen molar-refractivity contribution in [2.75, 3.05) is 65.7 Å². The summed E-state index contributed by atoms with van der Waals surface area (Å²) in [4.78, 5) is 6.74. The molecule has 24 heavy (non-hydrogen) atoms. The molecule has 1 aliphatic heterocycles. The molecule has 7 nitrogen and oxygen atoms in total. The van der Waals surface area contributed by atoms with Crippen molar-refractivity contribution >= 4 is 5.96 Å². The topological polar surface area (TPSA) is 78.4 Å². The number of nitrogens with one attached hydrogen (secondary N) is 2. The molecule has 1 atom stereocenters. The first-order valence-corrected chi connectivity index (χ1v) is 9.05. The number of nitrogens with zero attached hydrogens (tertiary/aromatic N) is 2. The highest BCUT2D eigenvalue weighted by molar-refractivity contribution is 5.79. The Hall–Kier alpha value is -0.890. The predicted molar refractivity (Wildman–Crippen MR) is 97.5 cm³/mol. The van der Waals surface area contributed by atoms with Gasteiger partial charge in [-0.05, 0) is 19.8 Å². The average molecular weight is 345 g/mol. The molecule has 7 heteroatoms. The largest absolute Gasteiger partial charge is 0.387 e. The number of aliphatic hydroxyl groups is 1. The van der Waals surface area contributed by atoms with Crippen LogP contribution in [-0.4, -0.2) is 87.3 Å². The molecule has 1 heterocycles. The predicted octanol–water partition coefficient (Wildman–Crippen LogP) is 0.297. The van der Waals surface area contributed by atoms with Gasteiger partial charge in [0.2, 0.25) is 0 Å². The minimum absolute atomic E-state index is 0.354. The minimum Gasteiger partial charge on any atom is -0.387 e. The molecule has 1 unspecified atom stereocenters. The lowest BCUT2D eigenvalue weighted by Crippen LogP contribution is -2.48. The first-order chi connectivity index (χ1) is 11.4. The molecule has 0 radical (unpaired) electrons. The molecular weight excluding hydrogens is 308 g/mol. The molecule has 0 aromatic heterocycles. The Morgan fingerprint density at radius 1 is 1.33 bits per heavy atom. The summed E-state index contributed by atoms with van der Waals surface area (Å²) < 4.78 is 10.9. The molecule has 1 fully saturated rings. The molecule has 142 valence electrons. The third-order valence-corrected chi connectivity index (χ3v) is 3.58. The van der Waals surface area contributed by atoms with E-state index in [1.54, 1.807) is 0 Å². The molecule has 1 saturated heterocycles. The summed E-state index contributed by atoms with van der Waals surface area (Å²) in [5, 5.41) is 17.0. The Kier molecular flexibility index (Phi) is 10.2. The van der Waals surface area contributed by atoms with E-state index in [2.05, 4.69) is 34.4 Å². The van der Waals surface area contributed by atoms with Crippen molar-refractivity contribution in [2.45, 2.75) is 33.3 Å². The second-order valence-electron chi connectivity index (χ2n) is 6.98. The van der Waals surface area contributed by atoms with Gasteiger partial charge in [0.15, 0.2) is 5.96 Å². The SMILES string of the molecule is CCNC(=NCC(C)(O)CN1CCOCC1)NCCOCC(C)C. The molecule has 0 amide bonds. The van der Waals surface area contributed by atoms with E-state index in [9.17, 15) is 5.11 Å². The second kappa shape index (κ2) is 11.6. The fourth-order valence-electron chi connectivity index (χ4n) is 2.44. The fraction of sp³-hybridized carbons (Fsp3) is 0.941. The van der Waals surface area contributed by atoms with Crippen molar-refractivity contribution in [1.29, 1.82) is 0 Å². The smallest absolute Gasteiger partial charge is 0.191 e. The summed E-state index contributed by atoms with van der Waals surface area (Å²) >= 11 is 0. The van der Waals surface area contributed by atoms with Crippen molar-refractivity contribution in [3.63, 3.8) is 0 Å². The molecule has 0 spiro atoms. The maximum atomic E-state index is 10.6. The van der Waals surface area contributed by atoms with E-state index >= 15 is 0 Å². The molecule has 0 bridgehead atoms. The normalized spacial score (nSPS) is 19.3. The van der Waals surface area contributed by atoms with Gasteiger partial charge in [-0.3, -0.25) is 9.89 Å². The van der Waals surface area contributed by atoms with Crippen molar-refractivity contribution in [3.8, 4) is 0 Å². The van der Waals surface area contributed by atoms with Gasteiger partial charge >= 0.3 is 0 Å². The van der Waals surface area contributed by atoms with Crippen LogP contribution >= 0.6 is 0 Å². The van der Waals surface area contributed by atoms with E-state index in [1.807, 2.05) is 13.8 Å². The monoisotopic (exact) mass is 344 g/mol. The Morgan fingerprint density at radius 3 is 2.67 bits per heavy atom. The number of β-amino-alcohol motifs (C(OH)–C–C–N with tert-alkyl or cyclic N) is 1. The highest BCUT2D eigenvalue weighted by Gasteiger charge is 2.25. The summed E-state index contributed by atoms with van der Waals surface area (Å²) in [5.41, 5.74) is -0.853. The lowest BCUT2D eigenvalue weighted by molar-refractivity contribution is -0.0180. The number of guanidine groups is 1. The van der Waals surface area contributed by atoms with Crippen LogP contribution in [0.2, 0.25) is 0 Å². The number of hydrogen-bond acceptors (Lipinski definition) is 5. The summed E-state index contributed by atoms with van der Waals surface area (Å²) in [7, 11) is 0. The van der Waals surface area contributed by atoms with Crippen LogP contribution in [-0.2, 0) is 9.47 Å². The van der Waals surface area contributed by atoms with E-state index in [0.717, 1.165) is 39.5 Å². The zero-order valence-corrected chi connectivity index (χ0v) is 15.8. The van der Waals surface area contributed by atoms with Crippen LogP contribution in [0.5, 0.6) is 0 Å². The van der Waals surface area contributed by atoms with Crippen LogP contribution in [0.25, 0.3) is 0 Å². The molecule has 0 aromatic carbocycles. The van der Waals surface area contributed by atoms with Crippen LogP contribution in [0.1, 0.15) is 27.7 Å². The maximum Gasteiger partial charge on any atom is 0.191 e. The molecule has 0 saturated carbocycles. The lowest BCUT2D eigenvalue weighted by Gasteiger charge is -2.33. The van der Waals surface area contributed by atoms with Crippen LogP contribution in [0.3, 0.4) is 0 Å². The summed E-state index contributed by atoms with van der Waals surface area (Å²) in [6, 6.07) is 0. The summed E-state index contributed by atoms with van der Waals surface area (Å²) in [5.74, 6) is 1.26. The highest BCUT2D eigenvalue weighted by atomic mass is 16.5. The average Bonchev–Trinajstić information content (AvgIpc) is 2.52. The number of aliphatic imine (C=N–C) groups is 1. The van der Waals surface area contributed by atoms with Gasteiger partial charge in [-0.15, -0.1) is 0 Å². The van der Waals surface area contributed by atoms with E-state index in [-0.39, 0.29) is 0 Å². The van der Waals surface area contributed by atoms with Gasteiger partial charge in [0.1, 0.15) is 0 Å². The molecule has 1 aliphatic rings.